The normalized spacial score (nSPS) is 46.0. The monoisotopic (exact) mass is 172 g/mol. The SMILES string of the molecule is C[C@H]1C[C@H]2OC(=O)[C@@H](O1)[C@@H]2CO. The maximum atomic E-state index is 11.1. The van der Waals surface area contributed by atoms with E-state index >= 15 is 0 Å². The molecule has 1 N–H and O–H groups in total. The van der Waals surface area contributed by atoms with Crippen molar-refractivity contribution >= 4 is 5.97 Å². The summed E-state index contributed by atoms with van der Waals surface area (Å²) in [6.45, 7) is 1.88. The Balaban J connectivity index is 2.17. The van der Waals surface area contributed by atoms with Gasteiger partial charge in [0.2, 0.25) is 0 Å². The number of rotatable bonds is 1. The molecule has 0 aromatic rings. The highest BCUT2D eigenvalue weighted by Gasteiger charge is 2.49. The highest BCUT2D eigenvalue weighted by Crippen LogP contribution is 2.34. The van der Waals surface area contributed by atoms with Crippen LogP contribution in [0.1, 0.15) is 13.3 Å². The number of carbonyl (C=O) groups excluding carboxylic acids is 1. The molecule has 0 radical (unpaired) electrons. The Kier molecular flexibility index (Phi) is 1.81. The van der Waals surface area contributed by atoms with Gasteiger partial charge in [0.15, 0.2) is 6.10 Å². The molecule has 0 unspecified atom stereocenters. The van der Waals surface area contributed by atoms with E-state index in [0.29, 0.717) is 6.42 Å². The van der Waals surface area contributed by atoms with Gasteiger partial charge in [-0.3, -0.25) is 0 Å². The molecule has 2 aliphatic heterocycles. The van der Waals surface area contributed by atoms with Crippen LogP contribution in [0, 0.1) is 5.92 Å². The molecule has 0 amide bonds. The molecule has 2 bridgehead atoms. The Morgan fingerprint density at radius 1 is 1.67 bits per heavy atom. The third kappa shape index (κ3) is 1.03. The molecule has 0 spiro atoms. The van der Waals surface area contributed by atoms with E-state index in [9.17, 15) is 4.79 Å². The Hall–Kier alpha value is -0.610. The first-order chi connectivity index (χ1) is 5.72. The lowest BCUT2D eigenvalue weighted by Crippen LogP contribution is -2.40. The van der Waals surface area contributed by atoms with Crippen LogP contribution in [0.5, 0.6) is 0 Å². The number of esters is 1. The van der Waals surface area contributed by atoms with Crippen molar-refractivity contribution in [3.63, 3.8) is 0 Å². The number of aliphatic hydroxyl groups is 1. The van der Waals surface area contributed by atoms with Crippen LogP contribution < -0.4 is 0 Å². The van der Waals surface area contributed by atoms with Crippen LogP contribution in [0.15, 0.2) is 0 Å². The van der Waals surface area contributed by atoms with Crippen LogP contribution >= 0.6 is 0 Å². The van der Waals surface area contributed by atoms with E-state index in [1.165, 1.54) is 0 Å². The van der Waals surface area contributed by atoms with E-state index in [1.807, 2.05) is 6.92 Å². The molecule has 0 aliphatic carbocycles. The number of hydrogen-bond acceptors (Lipinski definition) is 4. The van der Waals surface area contributed by atoms with Gasteiger partial charge >= 0.3 is 5.97 Å². The lowest BCUT2D eigenvalue weighted by molar-refractivity contribution is -0.148. The van der Waals surface area contributed by atoms with E-state index in [1.54, 1.807) is 0 Å². The van der Waals surface area contributed by atoms with Crippen LogP contribution in [0.25, 0.3) is 0 Å². The number of aliphatic hydroxyl groups excluding tert-OH is 1. The van der Waals surface area contributed by atoms with Gasteiger partial charge in [-0.05, 0) is 6.92 Å². The fraction of sp³-hybridized carbons (Fsp3) is 0.875. The highest BCUT2D eigenvalue weighted by atomic mass is 16.6. The van der Waals surface area contributed by atoms with Crippen LogP contribution in [-0.2, 0) is 14.3 Å². The summed E-state index contributed by atoms with van der Waals surface area (Å²) in [5.41, 5.74) is 0. The standard InChI is InChI=1S/C8H12O4/c1-4-2-6-5(3-9)7(11-4)8(10)12-6/h4-7,9H,2-3H2,1H3/t4-,5+,6+,7-/m0/s1. The summed E-state index contributed by atoms with van der Waals surface area (Å²) in [6, 6.07) is 0. The quantitative estimate of drug-likeness (QED) is 0.551. The fourth-order valence-corrected chi connectivity index (χ4v) is 1.90. The van der Waals surface area contributed by atoms with Crippen molar-refractivity contribution in [3.05, 3.63) is 0 Å². The number of ether oxygens (including phenoxy) is 2. The Labute approximate surface area is 70.5 Å². The van der Waals surface area contributed by atoms with E-state index in [2.05, 4.69) is 0 Å². The van der Waals surface area contributed by atoms with Gasteiger partial charge in [0, 0.05) is 6.42 Å². The molecule has 0 aromatic heterocycles. The van der Waals surface area contributed by atoms with Crippen LogP contribution in [0.3, 0.4) is 0 Å². The second kappa shape index (κ2) is 2.71. The van der Waals surface area contributed by atoms with Crippen molar-refractivity contribution in [2.45, 2.75) is 31.7 Å². The molecule has 2 heterocycles. The first-order valence-corrected chi connectivity index (χ1v) is 4.19. The summed E-state index contributed by atoms with van der Waals surface area (Å²) < 4.78 is 10.4. The third-order valence-electron chi connectivity index (χ3n) is 2.52. The maximum Gasteiger partial charge on any atom is 0.336 e. The first kappa shape index (κ1) is 8.01. The van der Waals surface area contributed by atoms with Crippen molar-refractivity contribution in [2.24, 2.45) is 5.92 Å². The van der Waals surface area contributed by atoms with E-state index in [-0.39, 0.29) is 30.7 Å². The third-order valence-corrected chi connectivity index (χ3v) is 2.52. The molecule has 2 fully saturated rings. The fourth-order valence-electron chi connectivity index (χ4n) is 1.90. The van der Waals surface area contributed by atoms with Crippen LogP contribution in [0.2, 0.25) is 0 Å². The zero-order chi connectivity index (χ0) is 8.72. The molecule has 0 saturated carbocycles. The maximum absolute atomic E-state index is 11.1. The zero-order valence-corrected chi connectivity index (χ0v) is 6.90. The van der Waals surface area contributed by atoms with Crippen molar-refractivity contribution in [1.29, 1.82) is 0 Å². The van der Waals surface area contributed by atoms with Crippen molar-refractivity contribution in [1.82, 2.24) is 0 Å². The van der Waals surface area contributed by atoms with E-state index in [0.717, 1.165) is 0 Å². The lowest BCUT2D eigenvalue weighted by atomic mass is 9.92. The van der Waals surface area contributed by atoms with Gasteiger partial charge < -0.3 is 14.6 Å². The van der Waals surface area contributed by atoms with Gasteiger partial charge in [0.1, 0.15) is 6.10 Å². The number of hydrogen-bond donors (Lipinski definition) is 1. The highest BCUT2D eigenvalue weighted by molar-refractivity contribution is 5.78. The molecule has 68 valence electrons. The predicted octanol–water partition coefficient (Wildman–Crippen LogP) is -0.302. The number of fused-ring (bicyclic) bond motifs is 2. The second-order valence-electron chi connectivity index (χ2n) is 3.42. The summed E-state index contributed by atoms with van der Waals surface area (Å²) >= 11 is 0. The minimum Gasteiger partial charge on any atom is -0.460 e. The molecule has 4 nitrogen and oxygen atoms in total. The van der Waals surface area contributed by atoms with Crippen LogP contribution in [0.4, 0.5) is 0 Å². The summed E-state index contributed by atoms with van der Waals surface area (Å²) in [4.78, 5) is 11.1. The van der Waals surface area contributed by atoms with Crippen molar-refractivity contribution in [3.8, 4) is 0 Å². The van der Waals surface area contributed by atoms with Crippen molar-refractivity contribution < 1.29 is 19.4 Å². The summed E-state index contributed by atoms with van der Waals surface area (Å²) in [6.07, 6.45) is 0.113. The van der Waals surface area contributed by atoms with Gasteiger partial charge in [0.25, 0.3) is 0 Å². The summed E-state index contributed by atoms with van der Waals surface area (Å²) in [5, 5.41) is 8.96. The van der Waals surface area contributed by atoms with Crippen molar-refractivity contribution in [2.75, 3.05) is 6.61 Å². The molecular weight excluding hydrogens is 160 g/mol. The predicted molar refractivity (Wildman–Crippen MR) is 39.4 cm³/mol. The van der Waals surface area contributed by atoms with E-state index in [4.69, 9.17) is 14.6 Å². The molecule has 4 heteroatoms. The Bertz CT molecular complexity index is 203. The molecular formula is C8H12O4. The average Bonchev–Trinajstić information content (AvgIpc) is 2.20. The van der Waals surface area contributed by atoms with Gasteiger partial charge in [-0.25, -0.2) is 4.79 Å². The number of carbonyl (C=O) groups is 1. The van der Waals surface area contributed by atoms with Gasteiger partial charge in [-0.2, -0.15) is 0 Å². The Morgan fingerprint density at radius 2 is 2.42 bits per heavy atom. The van der Waals surface area contributed by atoms with Crippen LogP contribution in [-0.4, -0.2) is 36.0 Å². The topological polar surface area (TPSA) is 55.8 Å². The summed E-state index contributed by atoms with van der Waals surface area (Å²) in [5.74, 6) is -0.461. The molecule has 0 aromatic carbocycles. The second-order valence-corrected chi connectivity index (χ2v) is 3.42. The minimum atomic E-state index is -0.524. The lowest BCUT2D eigenvalue weighted by Gasteiger charge is -2.28. The van der Waals surface area contributed by atoms with Gasteiger partial charge in [-0.15, -0.1) is 0 Å². The Morgan fingerprint density at radius 3 is 3.00 bits per heavy atom. The largest absolute Gasteiger partial charge is 0.460 e. The van der Waals surface area contributed by atoms with Gasteiger partial charge in [-0.1, -0.05) is 0 Å². The average molecular weight is 172 g/mol. The summed E-state index contributed by atoms with van der Waals surface area (Å²) in [7, 11) is 0. The smallest absolute Gasteiger partial charge is 0.336 e. The first-order valence-electron chi connectivity index (χ1n) is 4.19. The van der Waals surface area contributed by atoms with Gasteiger partial charge in [0.05, 0.1) is 18.6 Å². The molecule has 2 saturated heterocycles. The zero-order valence-electron chi connectivity index (χ0n) is 6.90. The molecule has 12 heavy (non-hydrogen) atoms. The minimum absolute atomic E-state index is 0.0339. The molecule has 2 rings (SSSR count). The molecule has 4 atom stereocenters. The van der Waals surface area contributed by atoms with E-state index < -0.39 is 6.10 Å². The molecule has 2 aliphatic rings.